The maximum absolute atomic E-state index is 12.5. The molecule has 1 aliphatic rings. The molecular weight excluding hydrogens is 324 g/mol. The highest BCUT2D eigenvalue weighted by molar-refractivity contribution is 5.93. The summed E-state index contributed by atoms with van der Waals surface area (Å²) in [6, 6.07) is 11.8. The summed E-state index contributed by atoms with van der Waals surface area (Å²) in [5, 5.41) is 10.9. The monoisotopic (exact) mass is 348 g/mol. The van der Waals surface area contributed by atoms with Crippen LogP contribution in [-0.2, 0) is 0 Å². The first kappa shape index (κ1) is 18.5. The minimum absolute atomic E-state index is 0. The van der Waals surface area contributed by atoms with Gasteiger partial charge in [-0.3, -0.25) is 4.79 Å². The van der Waals surface area contributed by atoms with Gasteiger partial charge in [-0.1, -0.05) is 25.1 Å². The molecule has 1 amide bonds. The van der Waals surface area contributed by atoms with Crippen molar-refractivity contribution in [2.45, 2.75) is 32.1 Å². The second-order valence-corrected chi connectivity index (χ2v) is 5.98. The number of nitrogens with zero attached hydrogens (tertiary/aromatic N) is 2. The number of aromatic nitrogens is 2. The summed E-state index contributed by atoms with van der Waals surface area (Å²) >= 11 is 0. The third-order valence-corrected chi connectivity index (χ3v) is 3.97. The van der Waals surface area contributed by atoms with Gasteiger partial charge in [-0.2, -0.15) is 5.10 Å². The maximum Gasteiger partial charge on any atom is 0.270 e. The molecule has 1 aliphatic carbocycles. The highest BCUT2D eigenvalue weighted by Crippen LogP contribution is 2.39. The average Bonchev–Trinajstić information content (AvgIpc) is 3.34. The molecule has 0 aliphatic heterocycles. The van der Waals surface area contributed by atoms with E-state index < -0.39 is 0 Å². The molecule has 24 heavy (non-hydrogen) atoms. The Bertz CT molecular complexity index is 652. The summed E-state index contributed by atoms with van der Waals surface area (Å²) < 4.78 is 1.77. The minimum Gasteiger partial charge on any atom is -0.349 e. The molecule has 1 aromatic heterocycles. The van der Waals surface area contributed by atoms with Gasteiger partial charge in [0.05, 0.1) is 11.4 Å². The number of carbonyl (C=O) groups is 1. The maximum atomic E-state index is 12.5. The van der Waals surface area contributed by atoms with E-state index in [4.69, 9.17) is 0 Å². The molecule has 0 atom stereocenters. The fourth-order valence-electron chi connectivity index (χ4n) is 2.56. The topological polar surface area (TPSA) is 58.9 Å². The van der Waals surface area contributed by atoms with Crippen LogP contribution in [0.1, 0.15) is 48.3 Å². The Hall–Kier alpha value is -1.85. The van der Waals surface area contributed by atoms with E-state index >= 15 is 0 Å². The van der Waals surface area contributed by atoms with Crippen molar-refractivity contribution in [1.82, 2.24) is 20.4 Å². The van der Waals surface area contributed by atoms with E-state index in [1.165, 1.54) is 12.8 Å². The smallest absolute Gasteiger partial charge is 0.270 e. The second kappa shape index (κ2) is 8.85. The summed E-state index contributed by atoms with van der Waals surface area (Å²) in [4.78, 5) is 12.5. The van der Waals surface area contributed by atoms with E-state index in [1.54, 1.807) is 4.68 Å². The highest BCUT2D eigenvalue weighted by Gasteiger charge is 2.28. The Balaban J connectivity index is 0.00000208. The van der Waals surface area contributed by atoms with Crippen LogP contribution >= 0.6 is 12.4 Å². The third-order valence-electron chi connectivity index (χ3n) is 3.97. The van der Waals surface area contributed by atoms with Crippen molar-refractivity contribution < 1.29 is 4.79 Å². The lowest BCUT2D eigenvalue weighted by molar-refractivity contribution is 0.0946. The van der Waals surface area contributed by atoms with Gasteiger partial charge in [-0.15, -0.1) is 12.4 Å². The lowest BCUT2D eigenvalue weighted by Gasteiger charge is -2.08. The van der Waals surface area contributed by atoms with E-state index in [-0.39, 0.29) is 18.3 Å². The predicted molar refractivity (Wildman–Crippen MR) is 98.3 cm³/mol. The number of hydrogen-bond donors (Lipinski definition) is 2. The van der Waals surface area contributed by atoms with Crippen LogP contribution in [0.2, 0.25) is 0 Å². The van der Waals surface area contributed by atoms with Crippen molar-refractivity contribution in [3.63, 3.8) is 0 Å². The molecule has 0 radical (unpaired) electrons. The fraction of sp³-hybridized carbons (Fsp3) is 0.444. The molecule has 0 bridgehead atoms. The van der Waals surface area contributed by atoms with Crippen LogP contribution in [0.3, 0.4) is 0 Å². The SMILES string of the molecule is CCCNCCNC(=O)c1cc(C2CC2)nn1-c1ccccc1.Cl. The zero-order valence-corrected chi connectivity index (χ0v) is 14.8. The van der Waals surface area contributed by atoms with Gasteiger partial charge in [0.2, 0.25) is 0 Å². The van der Waals surface area contributed by atoms with Crippen molar-refractivity contribution >= 4 is 18.3 Å². The lowest BCUT2D eigenvalue weighted by Crippen LogP contribution is -2.33. The zero-order chi connectivity index (χ0) is 16.1. The molecule has 130 valence electrons. The van der Waals surface area contributed by atoms with E-state index in [0.29, 0.717) is 18.2 Å². The third kappa shape index (κ3) is 4.58. The largest absolute Gasteiger partial charge is 0.349 e. The summed E-state index contributed by atoms with van der Waals surface area (Å²) in [6.45, 7) is 4.51. The van der Waals surface area contributed by atoms with Gasteiger partial charge in [-0.05, 0) is 44.0 Å². The summed E-state index contributed by atoms with van der Waals surface area (Å²) in [5.74, 6) is 0.462. The number of carbonyl (C=O) groups excluding carboxylic acids is 1. The molecule has 2 N–H and O–H groups in total. The van der Waals surface area contributed by atoms with Crippen LogP contribution in [0, 0.1) is 0 Å². The first-order valence-electron chi connectivity index (χ1n) is 8.44. The van der Waals surface area contributed by atoms with Crippen molar-refractivity contribution in [2.24, 2.45) is 0 Å². The Morgan fingerprint density at radius 2 is 1.96 bits per heavy atom. The molecule has 2 aromatic rings. The highest BCUT2D eigenvalue weighted by atomic mass is 35.5. The number of para-hydroxylation sites is 1. The molecule has 1 aromatic carbocycles. The van der Waals surface area contributed by atoms with Crippen LogP contribution in [0.4, 0.5) is 0 Å². The molecule has 6 heteroatoms. The number of benzene rings is 1. The number of rotatable bonds is 8. The van der Waals surface area contributed by atoms with Crippen LogP contribution in [0.15, 0.2) is 36.4 Å². The molecule has 1 heterocycles. The van der Waals surface area contributed by atoms with E-state index in [1.807, 2.05) is 36.4 Å². The Morgan fingerprint density at radius 1 is 1.21 bits per heavy atom. The first-order chi connectivity index (χ1) is 11.3. The minimum atomic E-state index is -0.0634. The van der Waals surface area contributed by atoms with Crippen molar-refractivity contribution in [3.8, 4) is 5.69 Å². The van der Waals surface area contributed by atoms with Gasteiger partial charge >= 0.3 is 0 Å². The molecule has 0 spiro atoms. The van der Waals surface area contributed by atoms with E-state index in [2.05, 4.69) is 22.7 Å². The number of halogens is 1. The van der Waals surface area contributed by atoms with Crippen LogP contribution in [-0.4, -0.2) is 35.3 Å². The van der Waals surface area contributed by atoms with Gasteiger partial charge in [0, 0.05) is 19.0 Å². The Labute approximate surface area is 149 Å². The molecule has 5 nitrogen and oxygen atoms in total. The van der Waals surface area contributed by atoms with E-state index in [0.717, 1.165) is 30.9 Å². The zero-order valence-electron chi connectivity index (χ0n) is 14.0. The summed E-state index contributed by atoms with van der Waals surface area (Å²) in [7, 11) is 0. The van der Waals surface area contributed by atoms with Gasteiger partial charge in [-0.25, -0.2) is 4.68 Å². The quantitative estimate of drug-likeness (QED) is 0.721. The number of amides is 1. The molecule has 3 rings (SSSR count). The molecule has 1 fully saturated rings. The van der Waals surface area contributed by atoms with Gasteiger partial charge in [0.1, 0.15) is 5.69 Å². The molecule has 1 saturated carbocycles. The van der Waals surface area contributed by atoms with Crippen molar-refractivity contribution in [2.75, 3.05) is 19.6 Å². The standard InChI is InChI=1S/C18H24N4O.ClH/c1-2-10-19-11-12-20-18(23)17-13-16(14-8-9-14)21-22(17)15-6-4-3-5-7-15;/h3-7,13-14,19H,2,8-12H2,1H3,(H,20,23);1H. The number of hydrogen-bond acceptors (Lipinski definition) is 3. The summed E-state index contributed by atoms with van der Waals surface area (Å²) in [5.41, 5.74) is 2.57. The molecule has 0 saturated heterocycles. The van der Waals surface area contributed by atoms with E-state index in [9.17, 15) is 4.79 Å². The average molecular weight is 349 g/mol. The van der Waals surface area contributed by atoms with Crippen molar-refractivity contribution in [1.29, 1.82) is 0 Å². The fourth-order valence-corrected chi connectivity index (χ4v) is 2.56. The lowest BCUT2D eigenvalue weighted by atomic mass is 10.2. The van der Waals surface area contributed by atoms with Gasteiger partial charge in [0.25, 0.3) is 5.91 Å². The van der Waals surface area contributed by atoms with Crippen molar-refractivity contribution in [3.05, 3.63) is 47.8 Å². The van der Waals surface area contributed by atoms with Gasteiger partial charge in [0.15, 0.2) is 0 Å². The van der Waals surface area contributed by atoms with Crippen LogP contribution < -0.4 is 10.6 Å². The predicted octanol–water partition coefficient (Wildman–Crippen LogP) is 2.90. The number of nitrogens with one attached hydrogen (secondary N) is 2. The molecule has 0 unspecified atom stereocenters. The Morgan fingerprint density at radius 3 is 2.62 bits per heavy atom. The Kier molecular flexibility index (Phi) is 6.82. The van der Waals surface area contributed by atoms with Crippen LogP contribution in [0.5, 0.6) is 0 Å². The van der Waals surface area contributed by atoms with Gasteiger partial charge < -0.3 is 10.6 Å². The second-order valence-electron chi connectivity index (χ2n) is 5.98. The van der Waals surface area contributed by atoms with Crippen LogP contribution in [0.25, 0.3) is 5.69 Å². The summed E-state index contributed by atoms with van der Waals surface area (Å²) in [6.07, 6.45) is 3.45. The molecular formula is C18H25ClN4O. The first-order valence-corrected chi connectivity index (χ1v) is 8.44. The normalized spacial score (nSPS) is 13.4.